The summed E-state index contributed by atoms with van der Waals surface area (Å²) in [6, 6.07) is 8.52. The maximum atomic E-state index is 12.5. The van der Waals surface area contributed by atoms with E-state index in [2.05, 4.69) is 55.5 Å². The Morgan fingerprint density at radius 2 is 1.94 bits per heavy atom. The number of carbonyl (C=O) groups is 1. The molecule has 3 rings (SSSR count). The highest BCUT2D eigenvalue weighted by Gasteiger charge is 2.28. The first-order valence-electron chi connectivity index (χ1n) is 12.2. The van der Waals surface area contributed by atoms with Crippen LogP contribution in [0.2, 0.25) is 0 Å². The number of carbonyl (C=O) groups excluding carboxylic acids is 1. The van der Waals surface area contributed by atoms with Crippen molar-refractivity contribution in [1.82, 2.24) is 20.0 Å². The number of rotatable bonds is 11. The standard InChI is InChI=1S/C26H42N4O3S/c1-21-9-7-15-29(21)16-8-17-32-24-12-10-23(11-13-24)30-20-22(19-28-30)25(31)27-14-18-33-34(5,6)26(2,3)4/h10-13,19-21H,7-9,14-18H2,1-6H3,(H,27,31). The molecular weight excluding hydrogens is 448 g/mol. The molecule has 8 heteroatoms. The minimum Gasteiger partial charge on any atom is -0.494 e. The second-order valence-electron chi connectivity index (χ2n) is 10.3. The molecule has 190 valence electrons. The molecule has 0 aliphatic carbocycles. The predicted octanol–water partition coefficient (Wildman–Crippen LogP) is 4.65. The molecule has 1 atom stereocenters. The molecule has 0 radical (unpaired) electrons. The Morgan fingerprint density at radius 3 is 2.59 bits per heavy atom. The molecular formula is C26H42N4O3S. The molecule has 1 amide bonds. The van der Waals surface area contributed by atoms with Gasteiger partial charge in [-0.05, 0) is 69.5 Å². The van der Waals surface area contributed by atoms with Gasteiger partial charge in [0.1, 0.15) is 5.75 Å². The fourth-order valence-corrected chi connectivity index (χ4v) is 4.61. The van der Waals surface area contributed by atoms with E-state index in [0.29, 0.717) is 31.4 Å². The van der Waals surface area contributed by atoms with E-state index >= 15 is 0 Å². The summed E-state index contributed by atoms with van der Waals surface area (Å²) in [4.78, 5) is 15.0. The van der Waals surface area contributed by atoms with Crippen molar-refractivity contribution in [1.29, 1.82) is 0 Å². The van der Waals surface area contributed by atoms with Gasteiger partial charge in [-0.1, -0.05) is 20.8 Å². The highest BCUT2D eigenvalue weighted by atomic mass is 32.3. The van der Waals surface area contributed by atoms with Crippen LogP contribution in [0.1, 0.15) is 57.3 Å². The molecule has 7 nitrogen and oxygen atoms in total. The lowest BCUT2D eigenvalue weighted by molar-refractivity contribution is 0.0948. The molecule has 1 N–H and O–H groups in total. The lowest BCUT2D eigenvalue weighted by Crippen LogP contribution is -2.30. The van der Waals surface area contributed by atoms with Gasteiger partial charge >= 0.3 is 0 Å². The first-order chi connectivity index (χ1) is 16.1. The Kier molecular flexibility index (Phi) is 9.07. The second-order valence-corrected chi connectivity index (χ2v) is 14.2. The summed E-state index contributed by atoms with van der Waals surface area (Å²) in [6.45, 7) is 12.9. The van der Waals surface area contributed by atoms with Gasteiger partial charge in [0.25, 0.3) is 5.91 Å². The van der Waals surface area contributed by atoms with Crippen LogP contribution in [0.25, 0.3) is 5.69 Å². The van der Waals surface area contributed by atoms with Crippen LogP contribution in [0.4, 0.5) is 0 Å². The number of benzene rings is 1. The van der Waals surface area contributed by atoms with E-state index in [1.54, 1.807) is 17.1 Å². The molecule has 0 saturated carbocycles. The molecule has 1 aromatic carbocycles. The van der Waals surface area contributed by atoms with E-state index in [1.165, 1.54) is 19.4 Å². The molecule has 2 heterocycles. The van der Waals surface area contributed by atoms with E-state index in [-0.39, 0.29) is 10.7 Å². The van der Waals surface area contributed by atoms with Crippen LogP contribution in [0.5, 0.6) is 5.75 Å². The Hall–Kier alpha value is -2.03. The molecule has 2 aromatic rings. The Balaban J connectivity index is 1.41. The van der Waals surface area contributed by atoms with Crippen LogP contribution in [0.15, 0.2) is 36.7 Å². The summed E-state index contributed by atoms with van der Waals surface area (Å²) >= 11 is 0. The van der Waals surface area contributed by atoms with E-state index < -0.39 is 10.3 Å². The molecule has 0 spiro atoms. The zero-order valence-corrected chi connectivity index (χ0v) is 22.5. The van der Waals surface area contributed by atoms with Gasteiger partial charge in [0.15, 0.2) is 0 Å². The number of nitrogens with zero attached hydrogens (tertiary/aromatic N) is 3. The lowest BCUT2D eigenvalue weighted by Gasteiger charge is -2.43. The maximum absolute atomic E-state index is 12.5. The highest BCUT2D eigenvalue weighted by molar-refractivity contribution is 8.29. The van der Waals surface area contributed by atoms with Gasteiger partial charge in [0, 0.05) is 30.1 Å². The van der Waals surface area contributed by atoms with Gasteiger partial charge in [-0.25, -0.2) is 4.68 Å². The van der Waals surface area contributed by atoms with Crippen molar-refractivity contribution in [2.24, 2.45) is 0 Å². The summed E-state index contributed by atoms with van der Waals surface area (Å²) < 4.78 is 13.8. The van der Waals surface area contributed by atoms with Crippen molar-refractivity contribution in [2.75, 3.05) is 45.4 Å². The number of hydrogen-bond acceptors (Lipinski definition) is 5. The van der Waals surface area contributed by atoms with E-state index in [0.717, 1.165) is 24.4 Å². The molecule has 1 aliphatic rings. The largest absolute Gasteiger partial charge is 0.494 e. The minimum atomic E-state index is -1.19. The Bertz CT molecular complexity index is 921. The first-order valence-corrected chi connectivity index (χ1v) is 14.6. The number of nitrogens with one attached hydrogen (secondary N) is 1. The topological polar surface area (TPSA) is 68.6 Å². The summed E-state index contributed by atoms with van der Waals surface area (Å²) in [5.41, 5.74) is 1.41. The summed E-state index contributed by atoms with van der Waals surface area (Å²) in [5, 5.41) is 7.27. The number of aromatic nitrogens is 2. The minimum absolute atomic E-state index is 0.102. The third-order valence-corrected chi connectivity index (χ3v) is 10.4. The van der Waals surface area contributed by atoms with Gasteiger partial charge in [-0.3, -0.25) is 4.79 Å². The monoisotopic (exact) mass is 490 g/mol. The second kappa shape index (κ2) is 11.6. The molecule has 1 aliphatic heterocycles. The Morgan fingerprint density at radius 1 is 1.21 bits per heavy atom. The zero-order valence-electron chi connectivity index (χ0n) is 21.7. The summed E-state index contributed by atoms with van der Waals surface area (Å²) in [7, 11) is -1.19. The fraction of sp³-hybridized carbons (Fsp3) is 0.615. The summed E-state index contributed by atoms with van der Waals surface area (Å²) in [6.07, 6.45) is 11.3. The van der Waals surface area contributed by atoms with Gasteiger partial charge in [0.05, 0.1) is 30.7 Å². The lowest BCUT2D eigenvalue weighted by atomic mass is 10.2. The van der Waals surface area contributed by atoms with Crippen molar-refractivity contribution < 1.29 is 13.7 Å². The summed E-state index contributed by atoms with van der Waals surface area (Å²) in [5.74, 6) is 0.703. The average Bonchev–Trinajstić information content (AvgIpc) is 3.43. The van der Waals surface area contributed by atoms with Crippen molar-refractivity contribution in [2.45, 2.75) is 57.7 Å². The predicted molar refractivity (Wildman–Crippen MR) is 141 cm³/mol. The molecule has 1 saturated heterocycles. The smallest absolute Gasteiger partial charge is 0.254 e. The van der Waals surface area contributed by atoms with Crippen LogP contribution in [-0.2, 0) is 4.18 Å². The third kappa shape index (κ3) is 7.23. The molecule has 34 heavy (non-hydrogen) atoms. The molecule has 1 fully saturated rings. The van der Waals surface area contributed by atoms with Crippen LogP contribution in [-0.4, -0.2) is 76.7 Å². The number of likely N-dealkylation sites (tertiary alicyclic amines) is 1. The van der Waals surface area contributed by atoms with Crippen molar-refractivity contribution in [3.05, 3.63) is 42.2 Å². The molecule has 1 aromatic heterocycles. The van der Waals surface area contributed by atoms with Gasteiger partial charge in [-0.2, -0.15) is 5.10 Å². The number of ether oxygens (including phenoxy) is 1. The van der Waals surface area contributed by atoms with E-state index in [9.17, 15) is 4.79 Å². The zero-order chi connectivity index (χ0) is 24.8. The molecule has 1 unspecified atom stereocenters. The first kappa shape index (κ1) is 26.6. The van der Waals surface area contributed by atoms with Crippen LogP contribution >= 0.6 is 10.3 Å². The van der Waals surface area contributed by atoms with Gasteiger partial charge in [-0.15, -0.1) is 10.3 Å². The normalized spacial score (nSPS) is 17.6. The fourth-order valence-electron chi connectivity index (χ4n) is 3.75. The Labute approximate surface area is 206 Å². The van der Waals surface area contributed by atoms with E-state index in [1.807, 2.05) is 24.3 Å². The number of amides is 1. The maximum Gasteiger partial charge on any atom is 0.254 e. The van der Waals surface area contributed by atoms with Crippen LogP contribution < -0.4 is 10.1 Å². The average molecular weight is 491 g/mol. The highest BCUT2D eigenvalue weighted by Crippen LogP contribution is 2.53. The van der Waals surface area contributed by atoms with Crippen molar-refractivity contribution in [3.8, 4) is 11.4 Å². The quantitative estimate of drug-likeness (QED) is 0.465. The van der Waals surface area contributed by atoms with E-state index in [4.69, 9.17) is 8.92 Å². The molecule has 0 bridgehead atoms. The van der Waals surface area contributed by atoms with Gasteiger partial charge < -0.3 is 19.1 Å². The van der Waals surface area contributed by atoms with Crippen molar-refractivity contribution in [3.63, 3.8) is 0 Å². The number of hydrogen-bond donors (Lipinski definition) is 1. The van der Waals surface area contributed by atoms with Crippen molar-refractivity contribution >= 4 is 16.2 Å². The van der Waals surface area contributed by atoms with Gasteiger partial charge in [0.2, 0.25) is 0 Å². The van der Waals surface area contributed by atoms with Crippen LogP contribution in [0.3, 0.4) is 0 Å². The van der Waals surface area contributed by atoms with Crippen LogP contribution in [0, 0.1) is 0 Å². The SMILES string of the molecule is CC1CCCN1CCCOc1ccc(-n2cc(C(=O)NCCOS(C)(C)C(C)(C)C)cn2)cc1. The third-order valence-electron chi connectivity index (χ3n) is 6.74.